The van der Waals surface area contributed by atoms with Gasteiger partial charge in [0.2, 0.25) is 5.89 Å². The number of para-hydroxylation sites is 2. The Balaban J connectivity index is 1.17. The molecule has 9 rings (SSSR count). The van der Waals surface area contributed by atoms with Crippen LogP contribution in [0.3, 0.4) is 0 Å². The Labute approximate surface area is 266 Å². The molecule has 0 aliphatic heterocycles. The number of anilines is 3. The predicted octanol–water partition coefficient (Wildman–Crippen LogP) is 12.1. The van der Waals surface area contributed by atoms with Crippen LogP contribution in [0.15, 0.2) is 174 Å². The lowest BCUT2D eigenvalue weighted by Gasteiger charge is -2.27. The van der Waals surface area contributed by atoms with E-state index in [1.54, 1.807) is 0 Å². The Morgan fingerprint density at radius 1 is 0.413 bits per heavy atom. The molecule has 1 aromatic heterocycles. The van der Waals surface area contributed by atoms with Gasteiger partial charge in [0.25, 0.3) is 0 Å². The number of rotatable bonds is 5. The minimum atomic E-state index is 0.631. The second kappa shape index (κ2) is 10.8. The van der Waals surface area contributed by atoms with Gasteiger partial charge in [-0.3, -0.25) is 0 Å². The molecule has 0 spiro atoms. The standard InChI is InChI=1S/C43H28N2O/c1-3-12-31(13-4-1)43-44-42-35(17-10-20-41(42)46-43)30-21-24-33(25-22-30)45(32-14-5-2-6-15-32)40-19-9-18-36-38-26-23-29-11-7-8-16-34(29)37(38)27-28-39(36)40/h1-28H. The van der Waals surface area contributed by atoms with E-state index in [1.807, 2.05) is 42.5 Å². The van der Waals surface area contributed by atoms with Gasteiger partial charge in [-0.2, -0.15) is 0 Å². The van der Waals surface area contributed by atoms with Crippen LogP contribution in [0.5, 0.6) is 0 Å². The molecule has 0 radical (unpaired) electrons. The molecule has 0 N–H and O–H groups in total. The van der Waals surface area contributed by atoms with E-state index >= 15 is 0 Å². The zero-order valence-electron chi connectivity index (χ0n) is 25.0. The van der Waals surface area contributed by atoms with Gasteiger partial charge < -0.3 is 9.32 Å². The molecule has 0 bridgehead atoms. The van der Waals surface area contributed by atoms with Crippen LogP contribution in [-0.4, -0.2) is 4.98 Å². The molecule has 0 fully saturated rings. The summed E-state index contributed by atoms with van der Waals surface area (Å²) in [5.41, 5.74) is 8.07. The van der Waals surface area contributed by atoms with Crippen molar-refractivity contribution < 1.29 is 4.42 Å². The Morgan fingerprint density at radius 3 is 1.89 bits per heavy atom. The lowest BCUT2D eigenvalue weighted by molar-refractivity contribution is 0.620. The maximum Gasteiger partial charge on any atom is 0.227 e. The second-order valence-electron chi connectivity index (χ2n) is 11.6. The Morgan fingerprint density at radius 2 is 1.04 bits per heavy atom. The molecule has 0 saturated heterocycles. The van der Waals surface area contributed by atoms with Gasteiger partial charge in [0.05, 0.1) is 5.69 Å². The summed E-state index contributed by atoms with van der Waals surface area (Å²) in [6.07, 6.45) is 0. The van der Waals surface area contributed by atoms with Gasteiger partial charge in [0, 0.05) is 27.9 Å². The zero-order chi connectivity index (χ0) is 30.5. The Bertz CT molecular complexity index is 2520. The van der Waals surface area contributed by atoms with E-state index in [4.69, 9.17) is 9.40 Å². The van der Waals surface area contributed by atoms with Gasteiger partial charge in [-0.25, -0.2) is 4.98 Å². The van der Waals surface area contributed by atoms with Crippen LogP contribution in [0.2, 0.25) is 0 Å². The molecule has 46 heavy (non-hydrogen) atoms. The summed E-state index contributed by atoms with van der Waals surface area (Å²) >= 11 is 0. The average Bonchev–Trinajstić information content (AvgIpc) is 3.58. The molecule has 8 aromatic carbocycles. The summed E-state index contributed by atoms with van der Waals surface area (Å²) in [6, 6.07) is 59.8. The zero-order valence-corrected chi connectivity index (χ0v) is 25.0. The highest BCUT2D eigenvalue weighted by Gasteiger charge is 2.18. The molecule has 216 valence electrons. The third kappa shape index (κ3) is 4.33. The van der Waals surface area contributed by atoms with E-state index < -0.39 is 0 Å². The molecule has 0 aliphatic rings. The summed E-state index contributed by atoms with van der Waals surface area (Å²) in [4.78, 5) is 7.26. The lowest BCUT2D eigenvalue weighted by atomic mass is 9.96. The van der Waals surface area contributed by atoms with Crippen molar-refractivity contribution in [3.05, 3.63) is 170 Å². The van der Waals surface area contributed by atoms with Crippen LogP contribution in [-0.2, 0) is 0 Å². The van der Waals surface area contributed by atoms with Crippen molar-refractivity contribution in [2.24, 2.45) is 0 Å². The Kier molecular flexibility index (Phi) is 6.14. The maximum atomic E-state index is 6.17. The summed E-state index contributed by atoms with van der Waals surface area (Å²) in [6.45, 7) is 0. The molecule has 3 nitrogen and oxygen atoms in total. The van der Waals surface area contributed by atoms with E-state index in [1.165, 1.54) is 32.3 Å². The van der Waals surface area contributed by atoms with Crippen LogP contribution in [0.4, 0.5) is 17.1 Å². The first-order valence-electron chi connectivity index (χ1n) is 15.6. The molecule has 3 heteroatoms. The van der Waals surface area contributed by atoms with Crippen molar-refractivity contribution in [2.75, 3.05) is 4.90 Å². The topological polar surface area (TPSA) is 29.3 Å². The third-order valence-electron chi connectivity index (χ3n) is 8.89. The molecule has 9 aromatic rings. The maximum absolute atomic E-state index is 6.17. The minimum Gasteiger partial charge on any atom is -0.436 e. The van der Waals surface area contributed by atoms with E-state index in [0.717, 1.165) is 44.9 Å². The highest BCUT2D eigenvalue weighted by molar-refractivity contribution is 6.19. The molecule has 0 unspecified atom stereocenters. The van der Waals surface area contributed by atoms with Gasteiger partial charge in [0.1, 0.15) is 5.52 Å². The number of oxazole rings is 1. The van der Waals surface area contributed by atoms with E-state index in [2.05, 4.69) is 132 Å². The van der Waals surface area contributed by atoms with Gasteiger partial charge in [-0.1, -0.05) is 121 Å². The molecule has 0 atom stereocenters. The van der Waals surface area contributed by atoms with Gasteiger partial charge in [-0.05, 0) is 81.0 Å². The fraction of sp³-hybridized carbons (Fsp3) is 0. The number of fused-ring (bicyclic) bond motifs is 6. The van der Waals surface area contributed by atoms with Crippen molar-refractivity contribution >= 4 is 60.5 Å². The first-order chi connectivity index (χ1) is 22.8. The van der Waals surface area contributed by atoms with Crippen LogP contribution in [0.1, 0.15) is 0 Å². The van der Waals surface area contributed by atoms with Crippen molar-refractivity contribution in [3.8, 4) is 22.6 Å². The highest BCUT2D eigenvalue weighted by Crippen LogP contribution is 2.42. The largest absolute Gasteiger partial charge is 0.436 e. The van der Waals surface area contributed by atoms with Crippen molar-refractivity contribution in [1.29, 1.82) is 0 Å². The molecule has 1 heterocycles. The highest BCUT2D eigenvalue weighted by atomic mass is 16.3. The van der Waals surface area contributed by atoms with Crippen molar-refractivity contribution in [2.45, 2.75) is 0 Å². The summed E-state index contributed by atoms with van der Waals surface area (Å²) in [7, 11) is 0. The van der Waals surface area contributed by atoms with Crippen molar-refractivity contribution in [3.63, 3.8) is 0 Å². The summed E-state index contributed by atoms with van der Waals surface area (Å²) < 4.78 is 6.17. The number of hydrogen-bond donors (Lipinski definition) is 0. The van der Waals surface area contributed by atoms with Crippen LogP contribution in [0, 0.1) is 0 Å². The number of nitrogens with zero attached hydrogens (tertiary/aromatic N) is 2. The minimum absolute atomic E-state index is 0.631. The summed E-state index contributed by atoms with van der Waals surface area (Å²) in [5, 5.41) is 7.52. The van der Waals surface area contributed by atoms with Gasteiger partial charge in [-0.15, -0.1) is 0 Å². The van der Waals surface area contributed by atoms with Gasteiger partial charge >= 0.3 is 0 Å². The fourth-order valence-corrected chi connectivity index (χ4v) is 6.71. The second-order valence-corrected chi connectivity index (χ2v) is 11.6. The lowest BCUT2D eigenvalue weighted by Crippen LogP contribution is -2.10. The monoisotopic (exact) mass is 588 g/mol. The number of hydrogen-bond acceptors (Lipinski definition) is 3. The predicted molar refractivity (Wildman–Crippen MR) is 192 cm³/mol. The average molecular weight is 589 g/mol. The van der Waals surface area contributed by atoms with Crippen LogP contribution >= 0.6 is 0 Å². The number of aromatic nitrogens is 1. The normalized spacial score (nSPS) is 11.5. The first kappa shape index (κ1) is 26.2. The quantitative estimate of drug-likeness (QED) is 0.187. The fourth-order valence-electron chi connectivity index (χ4n) is 6.71. The van der Waals surface area contributed by atoms with E-state index in [0.29, 0.717) is 5.89 Å². The van der Waals surface area contributed by atoms with Crippen LogP contribution in [0.25, 0.3) is 66.0 Å². The van der Waals surface area contributed by atoms with E-state index in [9.17, 15) is 0 Å². The molecular formula is C43H28N2O. The number of benzene rings is 8. The van der Waals surface area contributed by atoms with Gasteiger partial charge in [0.15, 0.2) is 5.58 Å². The molecule has 0 amide bonds. The molecule has 0 saturated carbocycles. The smallest absolute Gasteiger partial charge is 0.227 e. The third-order valence-corrected chi connectivity index (χ3v) is 8.89. The first-order valence-corrected chi connectivity index (χ1v) is 15.6. The van der Waals surface area contributed by atoms with Crippen LogP contribution < -0.4 is 4.90 Å². The Hall–Kier alpha value is -6.19. The summed E-state index contributed by atoms with van der Waals surface area (Å²) in [5.74, 6) is 0.631. The SMILES string of the molecule is c1ccc(-c2nc3c(-c4ccc(N(c5ccccc5)c5cccc6c5ccc5c7ccccc7ccc65)cc4)cccc3o2)cc1. The van der Waals surface area contributed by atoms with E-state index in [-0.39, 0.29) is 0 Å². The van der Waals surface area contributed by atoms with Crippen molar-refractivity contribution in [1.82, 2.24) is 4.98 Å². The molecular weight excluding hydrogens is 560 g/mol. The molecule has 0 aliphatic carbocycles.